The van der Waals surface area contributed by atoms with E-state index >= 15 is 0 Å². The Labute approximate surface area is 138 Å². The minimum Gasteiger partial charge on any atom is -0.408 e. The van der Waals surface area contributed by atoms with Crippen molar-refractivity contribution in [3.05, 3.63) is 34.8 Å². The number of benzene rings is 1. The predicted molar refractivity (Wildman–Crippen MR) is 87.2 cm³/mol. The van der Waals surface area contributed by atoms with Gasteiger partial charge in [-0.25, -0.2) is 4.79 Å². The molecule has 1 aromatic heterocycles. The van der Waals surface area contributed by atoms with Gasteiger partial charge in [0.1, 0.15) is 6.54 Å². The molecule has 3 rings (SSSR count). The number of oxazole rings is 1. The number of rotatable bonds is 3. The highest BCUT2D eigenvalue weighted by atomic mass is 16.4. The second kappa shape index (κ2) is 6.48. The van der Waals surface area contributed by atoms with E-state index < -0.39 is 17.6 Å². The number of primary amides is 1. The maximum absolute atomic E-state index is 12.6. The highest BCUT2D eigenvalue weighted by Crippen LogP contribution is 2.13. The Kier molecular flexibility index (Phi) is 4.39. The summed E-state index contributed by atoms with van der Waals surface area (Å²) in [6, 6.07) is 6.96. The molecule has 1 fully saturated rings. The van der Waals surface area contributed by atoms with Crippen molar-refractivity contribution in [2.24, 2.45) is 11.7 Å². The summed E-state index contributed by atoms with van der Waals surface area (Å²) >= 11 is 0. The summed E-state index contributed by atoms with van der Waals surface area (Å²) in [5.41, 5.74) is 6.45. The Hall–Kier alpha value is -2.61. The molecule has 8 heteroatoms. The van der Waals surface area contributed by atoms with Crippen LogP contribution in [-0.4, -0.2) is 59.4 Å². The highest BCUT2D eigenvalue weighted by molar-refractivity contribution is 5.81. The molecule has 1 saturated heterocycles. The van der Waals surface area contributed by atoms with Gasteiger partial charge in [0.05, 0.1) is 11.4 Å². The predicted octanol–water partition coefficient (Wildman–Crippen LogP) is -0.530. The number of nitrogens with two attached hydrogens (primary N) is 1. The van der Waals surface area contributed by atoms with Crippen molar-refractivity contribution >= 4 is 22.9 Å². The Bertz CT molecular complexity index is 825. The molecule has 2 N–H and O–H groups in total. The van der Waals surface area contributed by atoms with Gasteiger partial charge in [0.25, 0.3) is 0 Å². The molecule has 1 aliphatic rings. The molecule has 0 bridgehead atoms. The molecule has 0 spiro atoms. The largest absolute Gasteiger partial charge is 0.420 e. The van der Waals surface area contributed by atoms with Gasteiger partial charge < -0.3 is 20.0 Å². The van der Waals surface area contributed by atoms with Crippen LogP contribution in [-0.2, 0) is 16.1 Å². The first-order valence-corrected chi connectivity index (χ1v) is 7.79. The van der Waals surface area contributed by atoms with Crippen LogP contribution in [0.2, 0.25) is 0 Å². The van der Waals surface area contributed by atoms with Gasteiger partial charge in [-0.2, -0.15) is 0 Å². The quantitative estimate of drug-likeness (QED) is 0.814. The number of fused-ring (bicyclic) bond motifs is 1. The van der Waals surface area contributed by atoms with Crippen LogP contribution in [0, 0.1) is 5.92 Å². The van der Waals surface area contributed by atoms with Crippen LogP contribution < -0.4 is 11.5 Å². The molecule has 2 amide bonds. The zero-order valence-electron chi connectivity index (χ0n) is 13.5. The lowest BCUT2D eigenvalue weighted by molar-refractivity contribution is -0.133. The molecular formula is C16H20N4O4. The third-order valence-electron chi connectivity index (χ3n) is 4.35. The topological polar surface area (TPSA) is 102 Å². The molecule has 0 saturated carbocycles. The number of carbonyl (C=O) groups excluding carboxylic acids is 2. The maximum Gasteiger partial charge on any atom is 0.420 e. The summed E-state index contributed by atoms with van der Waals surface area (Å²) < 4.78 is 6.45. The number of aromatic nitrogens is 1. The fourth-order valence-corrected chi connectivity index (χ4v) is 2.98. The fourth-order valence-electron chi connectivity index (χ4n) is 2.98. The van der Waals surface area contributed by atoms with Crippen molar-refractivity contribution in [3.63, 3.8) is 0 Å². The van der Waals surface area contributed by atoms with E-state index in [0.29, 0.717) is 30.7 Å². The summed E-state index contributed by atoms with van der Waals surface area (Å²) in [6.07, 6.45) is 0. The zero-order valence-corrected chi connectivity index (χ0v) is 13.5. The standard InChI is InChI=1S/C16H20N4O4/c1-18-6-7-19(9-11(8-18)15(17)22)14(21)10-20-12-4-2-3-5-13(12)24-16(20)23/h2-5,11H,6-10H2,1H3,(H2,17,22)/t11-/m1/s1. The number of hydrogen-bond donors (Lipinski definition) is 1. The van der Waals surface area contributed by atoms with E-state index in [2.05, 4.69) is 0 Å². The fraction of sp³-hybridized carbons (Fsp3) is 0.438. The van der Waals surface area contributed by atoms with Gasteiger partial charge in [0, 0.05) is 26.2 Å². The SMILES string of the molecule is CN1CCN(C(=O)Cn2c(=O)oc3ccccc32)C[C@H](C(N)=O)C1. The van der Waals surface area contributed by atoms with Crippen LogP contribution in [0.1, 0.15) is 0 Å². The maximum atomic E-state index is 12.6. The van der Waals surface area contributed by atoms with Gasteiger partial charge in [0.15, 0.2) is 5.58 Å². The van der Waals surface area contributed by atoms with Gasteiger partial charge in [-0.3, -0.25) is 14.2 Å². The van der Waals surface area contributed by atoms with Gasteiger partial charge in [-0.05, 0) is 19.2 Å². The summed E-state index contributed by atoms with van der Waals surface area (Å²) in [5, 5.41) is 0. The molecule has 0 radical (unpaired) electrons. The molecule has 2 heterocycles. The first-order valence-electron chi connectivity index (χ1n) is 7.79. The van der Waals surface area contributed by atoms with E-state index in [4.69, 9.17) is 10.2 Å². The van der Waals surface area contributed by atoms with Gasteiger partial charge in [-0.1, -0.05) is 12.1 Å². The number of amides is 2. The molecule has 2 aromatic rings. The number of para-hydroxylation sites is 2. The molecular weight excluding hydrogens is 312 g/mol. The van der Waals surface area contributed by atoms with Crippen LogP contribution in [0.25, 0.3) is 11.1 Å². The minimum atomic E-state index is -0.567. The Balaban J connectivity index is 1.81. The molecule has 24 heavy (non-hydrogen) atoms. The van der Waals surface area contributed by atoms with Crippen molar-refractivity contribution in [2.45, 2.75) is 6.54 Å². The Morgan fingerprint density at radius 1 is 1.25 bits per heavy atom. The van der Waals surface area contributed by atoms with Gasteiger partial charge >= 0.3 is 5.76 Å². The molecule has 0 aliphatic carbocycles. The molecule has 1 atom stereocenters. The van der Waals surface area contributed by atoms with Crippen molar-refractivity contribution in [2.75, 3.05) is 33.2 Å². The van der Waals surface area contributed by atoms with E-state index in [9.17, 15) is 14.4 Å². The number of likely N-dealkylation sites (N-methyl/N-ethyl adjacent to an activating group) is 1. The van der Waals surface area contributed by atoms with E-state index in [1.165, 1.54) is 4.57 Å². The summed E-state index contributed by atoms with van der Waals surface area (Å²) in [4.78, 5) is 39.8. The van der Waals surface area contributed by atoms with E-state index in [1.807, 2.05) is 11.9 Å². The monoisotopic (exact) mass is 332 g/mol. The summed E-state index contributed by atoms with van der Waals surface area (Å²) in [7, 11) is 1.89. The zero-order chi connectivity index (χ0) is 17.3. The highest BCUT2D eigenvalue weighted by Gasteiger charge is 2.28. The molecule has 0 unspecified atom stereocenters. The lowest BCUT2D eigenvalue weighted by atomic mass is 10.1. The van der Waals surface area contributed by atoms with Crippen LogP contribution >= 0.6 is 0 Å². The molecule has 1 aromatic carbocycles. The summed E-state index contributed by atoms with van der Waals surface area (Å²) in [6.45, 7) is 1.81. The Morgan fingerprint density at radius 2 is 2.00 bits per heavy atom. The third kappa shape index (κ3) is 3.18. The average molecular weight is 332 g/mol. The van der Waals surface area contributed by atoms with Crippen LogP contribution in [0.3, 0.4) is 0 Å². The van der Waals surface area contributed by atoms with Gasteiger partial charge in [0.2, 0.25) is 11.8 Å². The Morgan fingerprint density at radius 3 is 2.75 bits per heavy atom. The van der Waals surface area contributed by atoms with Crippen molar-refractivity contribution in [1.82, 2.24) is 14.4 Å². The third-order valence-corrected chi connectivity index (χ3v) is 4.35. The number of nitrogens with zero attached hydrogens (tertiary/aromatic N) is 3. The van der Waals surface area contributed by atoms with Crippen molar-refractivity contribution in [3.8, 4) is 0 Å². The summed E-state index contributed by atoms with van der Waals surface area (Å²) in [5.74, 6) is -1.64. The van der Waals surface area contributed by atoms with Gasteiger partial charge in [-0.15, -0.1) is 0 Å². The van der Waals surface area contributed by atoms with E-state index in [1.54, 1.807) is 29.2 Å². The second-order valence-corrected chi connectivity index (χ2v) is 6.12. The molecule has 1 aliphatic heterocycles. The number of hydrogen-bond acceptors (Lipinski definition) is 5. The minimum absolute atomic E-state index is 0.120. The van der Waals surface area contributed by atoms with Crippen molar-refractivity contribution in [1.29, 1.82) is 0 Å². The normalized spacial score (nSPS) is 19.4. The average Bonchev–Trinajstić information content (AvgIpc) is 2.72. The lowest BCUT2D eigenvalue weighted by Gasteiger charge is -2.22. The number of carbonyl (C=O) groups is 2. The first-order chi connectivity index (χ1) is 11.5. The van der Waals surface area contributed by atoms with Crippen LogP contribution in [0.4, 0.5) is 0 Å². The van der Waals surface area contributed by atoms with E-state index in [0.717, 1.165) is 0 Å². The lowest BCUT2D eigenvalue weighted by Crippen LogP contribution is -2.42. The van der Waals surface area contributed by atoms with Crippen molar-refractivity contribution < 1.29 is 14.0 Å². The molecule has 128 valence electrons. The first kappa shape index (κ1) is 16.3. The van der Waals surface area contributed by atoms with Crippen LogP contribution in [0.15, 0.2) is 33.5 Å². The van der Waals surface area contributed by atoms with E-state index in [-0.39, 0.29) is 19.0 Å². The van der Waals surface area contributed by atoms with Crippen LogP contribution in [0.5, 0.6) is 0 Å². The molecule has 8 nitrogen and oxygen atoms in total. The smallest absolute Gasteiger partial charge is 0.408 e. The second-order valence-electron chi connectivity index (χ2n) is 6.12.